The standard InChI is InChI=1S/C21H24N4O2/c1-4-24(5-2)17-12-10-16(11-13-17)22-20(26)14-25-21(27)19-9-7-6-8-18(19)15(3)23-25/h6-13H,4-5,14H2,1-3H3,(H,22,26). The Morgan fingerprint density at radius 1 is 1.04 bits per heavy atom. The molecule has 0 aliphatic carbocycles. The van der Waals surface area contributed by atoms with Crippen LogP contribution in [0.1, 0.15) is 19.5 Å². The number of fused-ring (bicyclic) bond motifs is 1. The molecule has 0 saturated heterocycles. The molecule has 2 aromatic carbocycles. The van der Waals surface area contributed by atoms with Gasteiger partial charge in [0.2, 0.25) is 5.91 Å². The van der Waals surface area contributed by atoms with Crippen LogP contribution in [0.25, 0.3) is 10.8 Å². The monoisotopic (exact) mass is 364 g/mol. The number of amides is 1. The summed E-state index contributed by atoms with van der Waals surface area (Å²) in [7, 11) is 0. The molecule has 0 unspecified atom stereocenters. The summed E-state index contributed by atoms with van der Waals surface area (Å²) in [4.78, 5) is 27.2. The van der Waals surface area contributed by atoms with E-state index in [1.165, 1.54) is 4.68 Å². The minimum Gasteiger partial charge on any atom is -0.372 e. The Morgan fingerprint density at radius 3 is 2.30 bits per heavy atom. The van der Waals surface area contributed by atoms with Gasteiger partial charge in [0.25, 0.3) is 5.56 Å². The molecule has 1 aromatic heterocycles. The molecule has 3 aromatic rings. The smallest absolute Gasteiger partial charge is 0.275 e. The first-order valence-corrected chi connectivity index (χ1v) is 9.14. The van der Waals surface area contributed by atoms with Crippen molar-refractivity contribution in [3.8, 4) is 0 Å². The molecule has 6 nitrogen and oxygen atoms in total. The summed E-state index contributed by atoms with van der Waals surface area (Å²) >= 11 is 0. The molecule has 3 rings (SSSR count). The number of rotatable bonds is 6. The number of aromatic nitrogens is 2. The van der Waals surface area contributed by atoms with Gasteiger partial charge in [0.15, 0.2) is 0 Å². The lowest BCUT2D eigenvalue weighted by atomic mass is 10.1. The quantitative estimate of drug-likeness (QED) is 0.729. The molecular weight excluding hydrogens is 340 g/mol. The average Bonchev–Trinajstić information content (AvgIpc) is 2.68. The molecule has 6 heteroatoms. The van der Waals surface area contributed by atoms with Crippen LogP contribution in [0.3, 0.4) is 0 Å². The molecule has 27 heavy (non-hydrogen) atoms. The lowest BCUT2D eigenvalue weighted by Crippen LogP contribution is -2.30. The number of carbonyl (C=O) groups is 1. The van der Waals surface area contributed by atoms with Crippen molar-refractivity contribution in [1.29, 1.82) is 0 Å². The second-order valence-corrected chi connectivity index (χ2v) is 6.36. The fourth-order valence-electron chi connectivity index (χ4n) is 3.19. The first-order valence-electron chi connectivity index (χ1n) is 9.14. The van der Waals surface area contributed by atoms with Crippen LogP contribution in [0.2, 0.25) is 0 Å². The zero-order chi connectivity index (χ0) is 19.4. The minimum atomic E-state index is -0.283. The number of carbonyl (C=O) groups excluding carboxylic acids is 1. The van der Waals surface area contributed by atoms with E-state index in [9.17, 15) is 9.59 Å². The third-order valence-corrected chi connectivity index (χ3v) is 4.63. The number of anilines is 2. The summed E-state index contributed by atoms with van der Waals surface area (Å²) in [5.41, 5.74) is 2.27. The van der Waals surface area contributed by atoms with Gasteiger partial charge in [-0.25, -0.2) is 4.68 Å². The van der Waals surface area contributed by atoms with Crippen LogP contribution >= 0.6 is 0 Å². The highest BCUT2D eigenvalue weighted by Gasteiger charge is 2.11. The molecule has 0 fully saturated rings. The number of nitrogens with zero attached hydrogens (tertiary/aromatic N) is 3. The normalized spacial score (nSPS) is 10.8. The van der Waals surface area contributed by atoms with Gasteiger partial charge < -0.3 is 10.2 Å². The van der Waals surface area contributed by atoms with E-state index >= 15 is 0 Å². The second-order valence-electron chi connectivity index (χ2n) is 6.36. The molecule has 140 valence electrons. The van der Waals surface area contributed by atoms with Crippen LogP contribution in [-0.2, 0) is 11.3 Å². The van der Waals surface area contributed by atoms with Crippen LogP contribution in [0.4, 0.5) is 11.4 Å². The van der Waals surface area contributed by atoms with Crippen LogP contribution in [0.15, 0.2) is 53.3 Å². The van der Waals surface area contributed by atoms with E-state index in [1.807, 2.05) is 49.4 Å². The molecule has 0 bridgehead atoms. The van der Waals surface area contributed by atoms with Crippen molar-refractivity contribution in [2.75, 3.05) is 23.3 Å². The Morgan fingerprint density at radius 2 is 1.67 bits per heavy atom. The second kappa shape index (κ2) is 8.03. The minimum absolute atomic E-state index is 0.123. The fourth-order valence-corrected chi connectivity index (χ4v) is 3.19. The molecule has 0 radical (unpaired) electrons. The summed E-state index contributed by atoms with van der Waals surface area (Å²) in [5.74, 6) is -0.283. The van der Waals surface area contributed by atoms with Gasteiger partial charge in [-0.3, -0.25) is 9.59 Å². The van der Waals surface area contributed by atoms with Crippen LogP contribution < -0.4 is 15.8 Å². The Bertz CT molecular complexity index is 1000. The predicted molar refractivity (Wildman–Crippen MR) is 109 cm³/mol. The third kappa shape index (κ3) is 4.00. The molecule has 1 amide bonds. The van der Waals surface area contributed by atoms with Crippen molar-refractivity contribution >= 4 is 28.1 Å². The van der Waals surface area contributed by atoms with E-state index in [0.29, 0.717) is 11.1 Å². The Hall–Kier alpha value is -3.15. The SMILES string of the molecule is CCN(CC)c1ccc(NC(=O)Cn2nc(C)c3ccccc3c2=O)cc1. The van der Waals surface area contributed by atoms with Gasteiger partial charge in [0.1, 0.15) is 6.54 Å². The van der Waals surface area contributed by atoms with Gasteiger partial charge in [-0.2, -0.15) is 5.10 Å². The molecule has 0 spiro atoms. The van der Waals surface area contributed by atoms with E-state index in [4.69, 9.17) is 0 Å². The lowest BCUT2D eigenvalue weighted by molar-refractivity contribution is -0.117. The van der Waals surface area contributed by atoms with Crippen molar-refractivity contribution in [3.05, 3.63) is 64.6 Å². The van der Waals surface area contributed by atoms with Crippen molar-refractivity contribution in [3.63, 3.8) is 0 Å². The van der Waals surface area contributed by atoms with Crippen molar-refractivity contribution in [2.45, 2.75) is 27.3 Å². The highest BCUT2D eigenvalue weighted by Crippen LogP contribution is 2.18. The Labute approximate surface area is 158 Å². The zero-order valence-electron chi connectivity index (χ0n) is 15.9. The number of benzene rings is 2. The summed E-state index contributed by atoms with van der Waals surface area (Å²) in [6.45, 7) is 7.78. The van der Waals surface area contributed by atoms with E-state index in [0.717, 1.165) is 29.9 Å². The molecule has 1 N–H and O–H groups in total. The zero-order valence-corrected chi connectivity index (χ0v) is 15.9. The molecule has 0 aliphatic heterocycles. The molecule has 0 atom stereocenters. The molecular formula is C21H24N4O2. The maximum atomic E-state index is 12.6. The van der Waals surface area contributed by atoms with Gasteiger partial charge >= 0.3 is 0 Å². The Balaban J connectivity index is 1.76. The predicted octanol–water partition coefficient (Wildman–Crippen LogP) is 3.19. The van der Waals surface area contributed by atoms with Gasteiger partial charge in [-0.1, -0.05) is 18.2 Å². The largest absolute Gasteiger partial charge is 0.372 e. The fraction of sp³-hybridized carbons (Fsp3) is 0.286. The number of aryl methyl sites for hydroxylation is 1. The summed E-state index contributed by atoms with van der Waals surface area (Å²) in [6.07, 6.45) is 0. The summed E-state index contributed by atoms with van der Waals surface area (Å²) in [6, 6.07) is 15.0. The van der Waals surface area contributed by atoms with E-state index in [-0.39, 0.29) is 18.0 Å². The number of hydrogen-bond donors (Lipinski definition) is 1. The summed E-state index contributed by atoms with van der Waals surface area (Å²) < 4.78 is 1.22. The Kier molecular flexibility index (Phi) is 5.54. The van der Waals surface area contributed by atoms with Gasteiger partial charge in [-0.05, 0) is 51.1 Å². The third-order valence-electron chi connectivity index (χ3n) is 4.63. The number of nitrogens with one attached hydrogen (secondary N) is 1. The van der Waals surface area contributed by atoms with Gasteiger partial charge in [-0.15, -0.1) is 0 Å². The van der Waals surface area contributed by atoms with E-state index < -0.39 is 0 Å². The molecule has 0 saturated carbocycles. The van der Waals surface area contributed by atoms with Gasteiger partial charge in [0.05, 0.1) is 11.1 Å². The van der Waals surface area contributed by atoms with E-state index in [1.54, 1.807) is 6.07 Å². The maximum absolute atomic E-state index is 12.6. The molecule has 1 heterocycles. The first kappa shape index (κ1) is 18.6. The van der Waals surface area contributed by atoms with Crippen LogP contribution in [-0.4, -0.2) is 28.8 Å². The van der Waals surface area contributed by atoms with E-state index in [2.05, 4.69) is 29.2 Å². The highest BCUT2D eigenvalue weighted by atomic mass is 16.2. The summed E-state index contributed by atoms with van der Waals surface area (Å²) in [5, 5.41) is 8.49. The lowest BCUT2D eigenvalue weighted by Gasteiger charge is -2.21. The number of hydrogen-bond acceptors (Lipinski definition) is 4. The highest BCUT2D eigenvalue weighted by molar-refractivity contribution is 5.91. The van der Waals surface area contributed by atoms with Crippen molar-refractivity contribution in [2.24, 2.45) is 0 Å². The van der Waals surface area contributed by atoms with Crippen molar-refractivity contribution < 1.29 is 4.79 Å². The first-order chi connectivity index (χ1) is 13.0. The van der Waals surface area contributed by atoms with Gasteiger partial charge in [0, 0.05) is 29.9 Å². The van der Waals surface area contributed by atoms with Crippen LogP contribution in [0.5, 0.6) is 0 Å². The molecule has 0 aliphatic rings. The topological polar surface area (TPSA) is 67.2 Å². The maximum Gasteiger partial charge on any atom is 0.275 e. The van der Waals surface area contributed by atoms with Crippen molar-refractivity contribution in [1.82, 2.24) is 9.78 Å². The average molecular weight is 364 g/mol. The van der Waals surface area contributed by atoms with Crippen LogP contribution in [0, 0.1) is 6.92 Å².